The van der Waals surface area contributed by atoms with E-state index in [0.717, 1.165) is 16.8 Å². The van der Waals surface area contributed by atoms with Gasteiger partial charge in [-0.15, -0.1) is 0 Å². The van der Waals surface area contributed by atoms with Gasteiger partial charge in [0.25, 0.3) is 0 Å². The minimum atomic E-state index is -0.536. The zero-order chi connectivity index (χ0) is 16.8. The Balaban J connectivity index is 2.00. The zero-order valence-electron chi connectivity index (χ0n) is 13.5. The molecule has 124 valence electrons. The fraction of sp³-hybridized carbons (Fsp3) is 0.438. The van der Waals surface area contributed by atoms with Gasteiger partial charge in [-0.1, -0.05) is 12.1 Å². The maximum atomic E-state index is 12.2. The molecule has 7 heteroatoms. The van der Waals surface area contributed by atoms with Crippen LogP contribution in [0.4, 0.5) is 0 Å². The van der Waals surface area contributed by atoms with E-state index in [1.165, 1.54) is 6.92 Å². The molecule has 0 saturated carbocycles. The van der Waals surface area contributed by atoms with E-state index < -0.39 is 6.04 Å². The van der Waals surface area contributed by atoms with E-state index >= 15 is 0 Å². The molecule has 2 aromatic rings. The molecule has 1 aromatic carbocycles. The molecule has 0 fully saturated rings. The quantitative estimate of drug-likeness (QED) is 0.808. The molecule has 0 radical (unpaired) electrons. The fourth-order valence-corrected chi connectivity index (χ4v) is 2.71. The van der Waals surface area contributed by atoms with E-state index in [4.69, 9.17) is 4.42 Å². The van der Waals surface area contributed by atoms with Crippen LogP contribution >= 0.6 is 11.8 Å². The number of nitrogens with one attached hydrogen (secondary N) is 2. The number of para-hydroxylation sites is 1. The Bertz CT molecular complexity index is 699. The highest BCUT2D eigenvalue weighted by atomic mass is 32.2. The minimum absolute atomic E-state index is 0.197. The van der Waals surface area contributed by atoms with Crippen molar-refractivity contribution >= 4 is 34.7 Å². The lowest BCUT2D eigenvalue weighted by Crippen LogP contribution is -2.46. The summed E-state index contributed by atoms with van der Waals surface area (Å²) in [5, 5.41) is 5.45. The van der Waals surface area contributed by atoms with Gasteiger partial charge in [-0.25, -0.2) is 4.98 Å². The number of carbonyl (C=O) groups excluding carboxylic acids is 2. The Hall–Kier alpha value is -2.02. The zero-order valence-corrected chi connectivity index (χ0v) is 14.3. The number of aryl methyl sites for hydroxylation is 1. The Morgan fingerprint density at radius 3 is 2.83 bits per heavy atom. The second kappa shape index (κ2) is 8.01. The van der Waals surface area contributed by atoms with E-state index in [2.05, 4.69) is 15.6 Å². The average molecular weight is 335 g/mol. The van der Waals surface area contributed by atoms with Crippen molar-refractivity contribution < 1.29 is 14.0 Å². The van der Waals surface area contributed by atoms with E-state index in [-0.39, 0.29) is 18.4 Å². The molecule has 0 bridgehead atoms. The maximum absolute atomic E-state index is 12.2. The number of nitrogens with zero attached hydrogens (tertiary/aromatic N) is 1. The van der Waals surface area contributed by atoms with Gasteiger partial charge in [-0.2, -0.15) is 11.8 Å². The second-order valence-corrected chi connectivity index (χ2v) is 6.27. The van der Waals surface area contributed by atoms with Crippen LogP contribution in [0.3, 0.4) is 0 Å². The lowest BCUT2D eigenvalue weighted by Gasteiger charge is -2.16. The lowest BCUT2D eigenvalue weighted by atomic mass is 10.2. The third-order valence-electron chi connectivity index (χ3n) is 3.38. The van der Waals surface area contributed by atoms with Crippen LogP contribution < -0.4 is 10.6 Å². The van der Waals surface area contributed by atoms with Crippen LogP contribution in [0, 0.1) is 6.92 Å². The lowest BCUT2D eigenvalue weighted by molar-refractivity contribution is -0.128. The summed E-state index contributed by atoms with van der Waals surface area (Å²) in [4.78, 5) is 27.9. The number of fused-ring (bicyclic) bond motifs is 1. The van der Waals surface area contributed by atoms with Crippen LogP contribution in [0.5, 0.6) is 0 Å². The third kappa shape index (κ3) is 4.72. The van der Waals surface area contributed by atoms with Gasteiger partial charge in [0, 0.05) is 6.92 Å². The van der Waals surface area contributed by atoms with Crippen molar-refractivity contribution in [2.24, 2.45) is 0 Å². The summed E-state index contributed by atoms with van der Waals surface area (Å²) >= 11 is 1.63. The first-order valence-electron chi connectivity index (χ1n) is 7.40. The molecule has 1 heterocycles. The highest BCUT2D eigenvalue weighted by molar-refractivity contribution is 7.98. The number of rotatable bonds is 7. The van der Waals surface area contributed by atoms with Gasteiger partial charge in [0.15, 0.2) is 5.58 Å². The molecule has 23 heavy (non-hydrogen) atoms. The van der Waals surface area contributed by atoms with Gasteiger partial charge in [0.1, 0.15) is 11.6 Å². The molecule has 1 atom stereocenters. The second-order valence-electron chi connectivity index (χ2n) is 5.28. The van der Waals surface area contributed by atoms with E-state index in [0.29, 0.717) is 17.9 Å². The number of benzene rings is 1. The Labute approximate surface area is 139 Å². The van der Waals surface area contributed by atoms with Crippen LogP contribution in [0.25, 0.3) is 11.1 Å². The van der Waals surface area contributed by atoms with Crippen molar-refractivity contribution in [1.82, 2.24) is 15.6 Å². The van der Waals surface area contributed by atoms with Gasteiger partial charge >= 0.3 is 0 Å². The SMILES string of the molecule is CSCC[C@H](NC(C)=O)C(=O)NCc1nc2c(C)cccc2o1. The average Bonchev–Trinajstić information content (AvgIpc) is 2.93. The summed E-state index contributed by atoms with van der Waals surface area (Å²) in [6.45, 7) is 3.56. The summed E-state index contributed by atoms with van der Waals surface area (Å²) in [5.41, 5.74) is 2.53. The van der Waals surface area contributed by atoms with Crippen molar-refractivity contribution in [2.45, 2.75) is 32.9 Å². The molecule has 0 spiro atoms. The number of oxazole rings is 1. The van der Waals surface area contributed by atoms with Crippen LogP contribution in [-0.2, 0) is 16.1 Å². The van der Waals surface area contributed by atoms with E-state index in [1.54, 1.807) is 11.8 Å². The van der Waals surface area contributed by atoms with Crippen LogP contribution in [0.15, 0.2) is 22.6 Å². The van der Waals surface area contributed by atoms with E-state index in [9.17, 15) is 9.59 Å². The van der Waals surface area contributed by atoms with Crippen molar-refractivity contribution in [3.05, 3.63) is 29.7 Å². The largest absolute Gasteiger partial charge is 0.439 e. The normalized spacial score (nSPS) is 12.1. The molecule has 2 N–H and O–H groups in total. The number of amides is 2. The van der Waals surface area contributed by atoms with Crippen LogP contribution in [-0.4, -0.2) is 34.8 Å². The number of thioether (sulfide) groups is 1. The van der Waals surface area contributed by atoms with Crippen molar-refractivity contribution in [2.75, 3.05) is 12.0 Å². The van der Waals surface area contributed by atoms with Gasteiger partial charge in [-0.3, -0.25) is 9.59 Å². The Morgan fingerprint density at radius 1 is 1.39 bits per heavy atom. The standard InChI is InChI=1S/C16H21N3O3S/c1-10-5-4-6-13-15(10)19-14(22-13)9-17-16(21)12(7-8-23-3)18-11(2)20/h4-6,12H,7-9H2,1-3H3,(H,17,21)(H,18,20)/t12-/m0/s1. The molecular formula is C16H21N3O3S. The molecule has 1 aromatic heterocycles. The summed E-state index contributed by atoms with van der Waals surface area (Å²) in [5.74, 6) is 0.798. The number of hydrogen-bond acceptors (Lipinski definition) is 5. The molecule has 0 unspecified atom stereocenters. The highest BCUT2D eigenvalue weighted by Gasteiger charge is 2.19. The fourth-order valence-electron chi connectivity index (χ4n) is 2.24. The first-order valence-corrected chi connectivity index (χ1v) is 8.79. The Kier molecular flexibility index (Phi) is 6.04. The van der Waals surface area contributed by atoms with Gasteiger partial charge in [0.2, 0.25) is 17.7 Å². The molecule has 0 aliphatic carbocycles. The molecule has 0 aliphatic rings. The van der Waals surface area contributed by atoms with Gasteiger partial charge < -0.3 is 15.1 Å². The van der Waals surface area contributed by atoms with Crippen LogP contribution in [0.1, 0.15) is 24.8 Å². The third-order valence-corrected chi connectivity index (χ3v) is 4.03. The summed E-state index contributed by atoms with van der Waals surface area (Å²) in [6.07, 6.45) is 2.54. The first-order chi connectivity index (χ1) is 11.0. The Morgan fingerprint density at radius 2 is 2.17 bits per heavy atom. The molecule has 2 amide bonds. The van der Waals surface area contributed by atoms with E-state index in [1.807, 2.05) is 31.4 Å². The monoisotopic (exact) mass is 335 g/mol. The number of aromatic nitrogens is 1. The predicted octanol–water partition coefficient (Wildman–Crippen LogP) is 2.01. The topological polar surface area (TPSA) is 84.2 Å². The summed E-state index contributed by atoms with van der Waals surface area (Å²) in [7, 11) is 0. The first kappa shape index (κ1) is 17.3. The van der Waals surface area contributed by atoms with Crippen molar-refractivity contribution in [3.8, 4) is 0 Å². The molecule has 0 aliphatic heterocycles. The summed E-state index contributed by atoms with van der Waals surface area (Å²) < 4.78 is 5.62. The van der Waals surface area contributed by atoms with Crippen LogP contribution in [0.2, 0.25) is 0 Å². The predicted molar refractivity (Wildman–Crippen MR) is 91.2 cm³/mol. The molecular weight excluding hydrogens is 314 g/mol. The minimum Gasteiger partial charge on any atom is -0.439 e. The van der Waals surface area contributed by atoms with Gasteiger partial charge in [-0.05, 0) is 37.0 Å². The van der Waals surface area contributed by atoms with Gasteiger partial charge in [0.05, 0.1) is 6.54 Å². The van der Waals surface area contributed by atoms with Crippen molar-refractivity contribution in [1.29, 1.82) is 0 Å². The number of hydrogen-bond donors (Lipinski definition) is 2. The molecule has 2 rings (SSSR count). The maximum Gasteiger partial charge on any atom is 0.243 e. The molecule has 6 nitrogen and oxygen atoms in total. The smallest absolute Gasteiger partial charge is 0.243 e. The molecule has 0 saturated heterocycles. The highest BCUT2D eigenvalue weighted by Crippen LogP contribution is 2.18. The summed E-state index contributed by atoms with van der Waals surface area (Å²) in [6, 6.07) is 5.17. The number of carbonyl (C=O) groups is 2. The van der Waals surface area contributed by atoms with Crippen molar-refractivity contribution in [3.63, 3.8) is 0 Å².